The summed E-state index contributed by atoms with van der Waals surface area (Å²) < 4.78 is 10.8. The largest absolute Gasteiger partial charge is 0.452 e. The Morgan fingerprint density at radius 1 is 1.13 bits per heavy atom. The van der Waals surface area contributed by atoms with E-state index in [-0.39, 0.29) is 24.0 Å². The van der Waals surface area contributed by atoms with E-state index in [4.69, 9.17) is 9.47 Å². The molecule has 0 spiro atoms. The molecular formula is C24H36N2O5. The first kappa shape index (κ1) is 24.7. The summed E-state index contributed by atoms with van der Waals surface area (Å²) in [7, 11) is 0. The molecule has 0 unspecified atom stereocenters. The number of rotatable bonds is 7. The van der Waals surface area contributed by atoms with Crippen molar-refractivity contribution in [3.8, 4) is 0 Å². The third-order valence-corrected chi connectivity index (χ3v) is 5.24. The summed E-state index contributed by atoms with van der Waals surface area (Å²) in [6.45, 7) is 9.99. The molecule has 1 aliphatic rings. The minimum atomic E-state index is -0.876. The normalized spacial score (nSPS) is 16.9. The smallest absolute Gasteiger partial charge is 0.410 e. The molecule has 0 radical (unpaired) electrons. The lowest BCUT2D eigenvalue weighted by Crippen LogP contribution is -2.44. The highest BCUT2D eigenvalue weighted by molar-refractivity contribution is 5.84. The van der Waals surface area contributed by atoms with E-state index in [0.29, 0.717) is 25.9 Å². The maximum atomic E-state index is 12.6. The van der Waals surface area contributed by atoms with Gasteiger partial charge in [0.2, 0.25) is 0 Å². The zero-order valence-electron chi connectivity index (χ0n) is 19.3. The standard InChI is InChI=1S/C24H36N2O5/c1-6-10-20(18-11-8-7-9-12-18)25-21(27)17(2)30-22(28)19-13-15-26(16-14-19)23(29)31-24(3,4)5/h7-9,11-12,17,19-20H,6,10,13-16H2,1-5H3,(H,25,27)/t17-,20-/m0/s1. The average molecular weight is 433 g/mol. The van der Waals surface area contributed by atoms with Crippen LogP contribution in [0.25, 0.3) is 0 Å². The van der Waals surface area contributed by atoms with Crippen LogP contribution in [0.4, 0.5) is 4.79 Å². The maximum Gasteiger partial charge on any atom is 0.410 e. The van der Waals surface area contributed by atoms with Gasteiger partial charge in [0.1, 0.15) is 5.60 Å². The number of likely N-dealkylation sites (tertiary alicyclic amines) is 1. The van der Waals surface area contributed by atoms with Gasteiger partial charge in [-0.1, -0.05) is 43.7 Å². The lowest BCUT2D eigenvalue weighted by atomic mass is 9.97. The highest BCUT2D eigenvalue weighted by Gasteiger charge is 2.32. The summed E-state index contributed by atoms with van der Waals surface area (Å²) in [5.41, 5.74) is 0.483. The molecule has 1 aliphatic heterocycles. The second-order valence-electron chi connectivity index (χ2n) is 9.08. The molecule has 0 aliphatic carbocycles. The van der Waals surface area contributed by atoms with Crippen LogP contribution < -0.4 is 5.32 Å². The third-order valence-electron chi connectivity index (χ3n) is 5.24. The van der Waals surface area contributed by atoms with E-state index in [1.54, 1.807) is 11.8 Å². The van der Waals surface area contributed by atoms with Gasteiger partial charge in [0, 0.05) is 13.1 Å². The highest BCUT2D eigenvalue weighted by Crippen LogP contribution is 2.22. The molecule has 0 bridgehead atoms. The summed E-state index contributed by atoms with van der Waals surface area (Å²) in [4.78, 5) is 39.0. The first-order valence-corrected chi connectivity index (χ1v) is 11.1. The molecule has 1 aromatic carbocycles. The van der Waals surface area contributed by atoms with Crippen LogP contribution in [0.1, 0.15) is 71.9 Å². The Bertz CT molecular complexity index is 736. The van der Waals surface area contributed by atoms with Crippen LogP contribution >= 0.6 is 0 Å². The fourth-order valence-electron chi connectivity index (χ4n) is 3.53. The van der Waals surface area contributed by atoms with E-state index in [2.05, 4.69) is 12.2 Å². The molecule has 2 atom stereocenters. The minimum Gasteiger partial charge on any atom is -0.452 e. The van der Waals surface area contributed by atoms with Crippen LogP contribution in [0, 0.1) is 5.92 Å². The fraction of sp³-hybridized carbons (Fsp3) is 0.625. The Hall–Kier alpha value is -2.57. The number of hydrogen-bond acceptors (Lipinski definition) is 5. The van der Waals surface area contributed by atoms with Gasteiger partial charge in [0.05, 0.1) is 12.0 Å². The molecule has 0 aromatic heterocycles. The Morgan fingerprint density at radius 2 is 1.74 bits per heavy atom. The van der Waals surface area contributed by atoms with Gasteiger partial charge in [0.25, 0.3) is 5.91 Å². The second kappa shape index (κ2) is 11.2. The van der Waals surface area contributed by atoms with Gasteiger partial charge in [0.15, 0.2) is 6.10 Å². The minimum absolute atomic E-state index is 0.114. The van der Waals surface area contributed by atoms with Crippen molar-refractivity contribution in [1.82, 2.24) is 10.2 Å². The Labute approximate surface area is 185 Å². The molecule has 1 saturated heterocycles. The summed E-state index contributed by atoms with van der Waals surface area (Å²) >= 11 is 0. The van der Waals surface area contributed by atoms with Gasteiger partial charge in [-0.25, -0.2) is 4.79 Å². The van der Waals surface area contributed by atoms with Crippen LogP contribution in [0.15, 0.2) is 30.3 Å². The predicted octanol–water partition coefficient (Wildman–Crippen LogP) is 4.22. The summed E-state index contributed by atoms with van der Waals surface area (Å²) in [6, 6.07) is 9.67. The highest BCUT2D eigenvalue weighted by atomic mass is 16.6. The van der Waals surface area contributed by atoms with Crippen LogP contribution in [0.2, 0.25) is 0 Å². The monoisotopic (exact) mass is 432 g/mol. The van der Waals surface area contributed by atoms with Crippen LogP contribution in [0.3, 0.4) is 0 Å². The van der Waals surface area contributed by atoms with E-state index in [1.165, 1.54) is 0 Å². The Morgan fingerprint density at radius 3 is 2.29 bits per heavy atom. The SMILES string of the molecule is CCC[C@H](NC(=O)[C@H](C)OC(=O)C1CCN(C(=O)OC(C)(C)C)CC1)c1ccccc1. The molecule has 7 heteroatoms. The molecule has 1 aromatic rings. The number of carbonyl (C=O) groups excluding carboxylic acids is 3. The number of carbonyl (C=O) groups is 3. The first-order chi connectivity index (χ1) is 14.6. The lowest BCUT2D eigenvalue weighted by Gasteiger charge is -2.33. The van der Waals surface area contributed by atoms with Gasteiger partial charge in [-0.3, -0.25) is 9.59 Å². The molecule has 7 nitrogen and oxygen atoms in total. The van der Waals surface area contributed by atoms with Crippen molar-refractivity contribution < 1.29 is 23.9 Å². The summed E-state index contributed by atoms with van der Waals surface area (Å²) in [6.07, 6.45) is 1.47. The van der Waals surface area contributed by atoms with Crippen molar-refractivity contribution in [3.63, 3.8) is 0 Å². The van der Waals surface area contributed by atoms with Crippen molar-refractivity contribution in [2.75, 3.05) is 13.1 Å². The summed E-state index contributed by atoms with van der Waals surface area (Å²) in [5.74, 6) is -1.02. The second-order valence-corrected chi connectivity index (χ2v) is 9.08. The van der Waals surface area contributed by atoms with Crippen molar-refractivity contribution in [2.45, 2.75) is 78.0 Å². The topological polar surface area (TPSA) is 84.9 Å². The zero-order chi connectivity index (χ0) is 23.0. The fourth-order valence-corrected chi connectivity index (χ4v) is 3.53. The van der Waals surface area contributed by atoms with E-state index in [9.17, 15) is 14.4 Å². The maximum absolute atomic E-state index is 12.6. The van der Waals surface area contributed by atoms with Crippen LogP contribution in [-0.4, -0.2) is 47.7 Å². The number of esters is 1. The van der Waals surface area contributed by atoms with Gasteiger partial charge in [-0.05, 0) is 52.5 Å². The molecule has 31 heavy (non-hydrogen) atoms. The van der Waals surface area contributed by atoms with E-state index in [0.717, 1.165) is 18.4 Å². The molecule has 2 rings (SSSR count). The molecule has 1 N–H and O–H groups in total. The first-order valence-electron chi connectivity index (χ1n) is 11.1. The average Bonchev–Trinajstić information content (AvgIpc) is 2.72. The van der Waals surface area contributed by atoms with E-state index >= 15 is 0 Å². The number of piperidine rings is 1. The number of hydrogen-bond donors (Lipinski definition) is 1. The number of ether oxygens (including phenoxy) is 2. The predicted molar refractivity (Wildman–Crippen MR) is 118 cm³/mol. The van der Waals surface area contributed by atoms with Crippen molar-refractivity contribution in [3.05, 3.63) is 35.9 Å². The number of nitrogens with one attached hydrogen (secondary N) is 1. The zero-order valence-corrected chi connectivity index (χ0v) is 19.3. The molecule has 172 valence electrons. The van der Waals surface area contributed by atoms with Crippen molar-refractivity contribution >= 4 is 18.0 Å². The number of benzene rings is 1. The van der Waals surface area contributed by atoms with Crippen LogP contribution in [-0.2, 0) is 19.1 Å². The van der Waals surface area contributed by atoms with E-state index in [1.807, 2.05) is 51.1 Å². The van der Waals surface area contributed by atoms with Gasteiger partial charge in [-0.2, -0.15) is 0 Å². The van der Waals surface area contributed by atoms with Gasteiger partial charge >= 0.3 is 12.1 Å². The van der Waals surface area contributed by atoms with Crippen molar-refractivity contribution in [1.29, 1.82) is 0 Å². The lowest BCUT2D eigenvalue weighted by molar-refractivity contribution is -0.160. The molecule has 1 heterocycles. The van der Waals surface area contributed by atoms with E-state index < -0.39 is 17.7 Å². The Balaban J connectivity index is 1.83. The Kier molecular flexibility index (Phi) is 8.89. The molecule has 1 fully saturated rings. The molecule has 2 amide bonds. The van der Waals surface area contributed by atoms with Crippen LogP contribution in [0.5, 0.6) is 0 Å². The van der Waals surface area contributed by atoms with Gasteiger partial charge < -0.3 is 19.7 Å². The number of amides is 2. The molecule has 0 saturated carbocycles. The number of nitrogens with zero attached hydrogens (tertiary/aromatic N) is 1. The molecular weight excluding hydrogens is 396 g/mol. The third kappa shape index (κ3) is 7.89. The van der Waals surface area contributed by atoms with Gasteiger partial charge in [-0.15, -0.1) is 0 Å². The quantitative estimate of drug-likeness (QED) is 0.652. The van der Waals surface area contributed by atoms with Crippen molar-refractivity contribution in [2.24, 2.45) is 5.92 Å². The summed E-state index contributed by atoms with van der Waals surface area (Å²) in [5, 5.41) is 3.00.